The molecule has 0 atom stereocenters. The van der Waals surface area contributed by atoms with Crippen molar-refractivity contribution in [3.05, 3.63) is 59.4 Å². The van der Waals surface area contributed by atoms with Gasteiger partial charge in [-0.15, -0.1) is 0 Å². The van der Waals surface area contributed by atoms with Gasteiger partial charge in [-0.25, -0.2) is 4.39 Å². The Morgan fingerprint density at radius 3 is 2.53 bits per heavy atom. The summed E-state index contributed by atoms with van der Waals surface area (Å²) in [7, 11) is 0. The van der Waals surface area contributed by atoms with E-state index in [1.54, 1.807) is 37.3 Å². The number of hydrogen-bond acceptors (Lipinski definition) is 2. The quantitative estimate of drug-likeness (QED) is 0.791. The van der Waals surface area contributed by atoms with Gasteiger partial charge in [0.15, 0.2) is 0 Å². The first-order chi connectivity index (χ1) is 8.09. The second-order valence-electron chi connectivity index (χ2n) is 3.80. The molecule has 0 amide bonds. The lowest BCUT2D eigenvalue weighted by atomic mass is 9.99. The Morgan fingerprint density at radius 2 is 1.88 bits per heavy atom. The minimum Gasteiger partial charge on any atom is -0.545 e. The summed E-state index contributed by atoms with van der Waals surface area (Å²) in [6, 6.07) is 11.0. The van der Waals surface area contributed by atoms with Gasteiger partial charge in [-0.2, -0.15) is 0 Å². The second kappa shape index (κ2) is 4.37. The molecule has 86 valence electrons. The minimum atomic E-state index is -1.26. The van der Waals surface area contributed by atoms with Crippen molar-refractivity contribution in [1.82, 2.24) is 0 Å². The van der Waals surface area contributed by atoms with Crippen LogP contribution >= 0.6 is 0 Å². The molecule has 0 saturated heterocycles. The number of benzene rings is 2. The molecule has 2 aromatic rings. The number of carboxylic acid groups (broad SMARTS) is 1. The van der Waals surface area contributed by atoms with Crippen LogP contribution < -0.4 is 5.11 Å². The van der Waals surface area contributed by atoms with Gasteiger partial charge in [0, 0.05) is 5.56 Å². The summed E-state index contributed by atoms with van der Waals surface area (Å²) in [5.41, 5.74) is 1.59. The number of aryl methyl sites for hydroxylation is 1. The van der Waals surface area contributed by atoms with Gasteiger partial charge < -0.3 is 9.90 Å². The minimum absolute atomic E-state index is 0.0655. The maximum atomic E-state index is 13.4. The topological polar surface area (TPSA) is 40.1 Å². The highest BCUT2D eigenvalue weighted by Crippen LogP contribution is 2.24. The van der Waals surface area contributed by atoms with Crippen molar-refractivity contribution in [3.8, 4) is 11.1 Å². The van der Waals surface area contributed by atoms with E-state index in [0.29, 0.717) is 16.7 Å². The second-order valence-corrected chi connectivity index (χ2v) is 3.80. The highest BCUT2D eigenvalue weighted by molar-refractivity contribution is 5.94. The molecule has 0 saturated carbocycles. The van der Waals surface area contributed by atoms with E-state index < -0.39 is 5.97 Å². The van der Waals surface area contributed by atoms with Crippen molar-refractivity contribution in [2.45, 2.75) is 6.92 Å². The van der Waals surface area contributed by atoms with Crippen molar-refractivity contribution >= 4 is 5.97 Å². The molecule has 0 aromatic heterocycles. The molecular formula is C14H10FO2-. The summed E-state index contributed by atoms with van der Waals surface area (Å²) < 4.78 is 13.4. The van der Waals surface area contributed by atoms with Crippen molar-refractivity contribution in [3.63, 3.8) is 0 Å². The van der Waals surface area contributed by atoms with Crippen LogP contribution in [0.15, 0.2) is 42.5 Å². The molecule has 2 aromatic carbocycles. The fourth-order valence-electron chi connectivity index (χ4n) is 1.67. The van der Waals surface area contributed by atoms with E-state index in [4.69, 9.17) is 0 Å². The number of aromatic carboxylic acids is 1. The molecule has 17 heavy (non-hydrogen) atoms. The summed E-state index contributed by atoms with van der Waals surface area (Å²) >= 11 is 0. The first-order valence-corrected chi connectivity index (χ1v) is 5.16. The zero-order valence-electron chi connectivity index (χ0n) is 9.24. The van der Waals surface area contributed by atoms with E-state index in [1.807, 2.05) is 0 Å². The van der Waals surface area contributed by atoms with Gasteiger partial charge in [0.25, 0.3) is 0 Å². The highest BCUT2D eigenvalue weighted by atomic mass is 19.1. The van der Waals surface area contributed by atoms with Gasteiger partial charge in [-0.3, -0.25) is 0 Å². The molecule has 2 rings (SSSR count). The van der Waals surface area contributed by atoms with E-state index >= 15 is 0 Å². The molecule has 0 spiro atoms. The van der Waals surface area contributed by atoms with E-state index in [2.05, 4.69) is 0 Å². The Balaban J connectivity index is 2.60. The SMILES string of the molecule is Cc1ccc(-c2ccccc2C(=O)[O-])cc1F. The van der Waals surface area contributed by atoms with E-state index in [0.717, 1.165) is 0 Å². The predicted octanol–water partition coefficient (Wildman–Crippen LogP) is 2.16. The maximum Gasteiger partial charge on any atom is 0.126 e. The number of carbonyl (C=O) groups excluding carboxylic acids is 1. The molecule has 2 nitrogen and oxygen atoms in total. The van der Waals surface area contributed by atoms with Crippen LogP contribution in [0.1, 0.15) is 15.9 Å². The summed E-state index contributed by atoms with van der Waals surface area (Å²) in [6.45, 7) is 1.66. The van der Waals surface area contributed by atoms with Crippen LogP contribution in [0.2, 0.25) is 0 Å². The average molecular weight is 229 g/mol. The molecule has 3 heteroatoms. The van der Waals surface area contributed by atoms with Gasteiger partial charge >= 0.3 is 0 Å². The molecule has 0 fully saturated rings. The molecule has 0 heterocycles. The van der Waals surface area contributed by atoms with Crippen LogP contribution in [-0.2, 0) is 0 Å². The van der Waals surface area contributed by atoms with Crippen LogP contribution in [0, 0.1) is 12.7 Å². The number of carboxylic acids is 1. The number of halogens is 1. The number of carbonyl (C=O) groups is 1. The third-order valence-corrected chi connectivity index (χ3v) is 2.63. The molecule has 0 aliphatic rings. The van der Waals surface area contributed by atoms with Crippen molar-refractivity contribution in [1.29, 1.82) is 0 Å². The van der Waals surface area contributed by atoms with Crippen molar-refractivity contribution < 1.29 is 14.3 Å². The molecule has 0 radical (unpaired) electrons. The van der Waals surface area contributed by atoms with Crippen molar-refractivity contribution in [2.24, 2.45) is 0 Å². The molecule has 0 bridgehead atoms. The van der Waals surface area contributed by atoms with Crippen LogP contribution in [0.3, 0.4) is 0 Å². The van der Waals surface area contributed by atoms with Gasteiger partial charge in [-0.1, -0.05) is 36.4 Å². The van der Waals surface area contributed by atoms with Crippen LogP contribution in [0.5, 0.6) is 0 Å². The molecule has 0 aliphatic heterocycles. The third kappa shape index (κ3) is 2.18. The first kappa shape index (κ1) is 11.3. The summed E-state index contributed by atoms with van der Waals surface area (Å²) in [6.07, 6.45) is 0. The standard InChI is InChI=1S/C14H11FO2/c1-9-6-7-10(8-13(9)15)11-4-2-3-5-12(11)14(16)17/h2-8H,1H3,(H,16,17)/p-1. The average Bonchev–Trinajstić information content (AvgIpc) is 2.32. The van der Waals surface area contributed by atoms with Gasteiger partial charge in [-0.05, 0) is 29.7 Å². The highest BCUT2D eigenvalue weighted by Gasteiger charge is 2.07. The lowest BCUT2D eigenvalue weighted by Gasteiger charge is -2.10. The van der Waals surface area contributed by atoms with Gasteiger partial charge in [0.05, 0.1) is 5.97 Å². The summed E-state index contributed by atoms with van der Waals surface area (Å²) in [4.78, 5) is 10.9. The Bertz CT molecular complexity index is 576. The van der Waals surface area contributed by atoms with Crippen LogP contribution in [0.4, 0.5) is 4.39 Å². The largest absolute Gasteiger partial charge is 0.545 e. The normalized spacial score (nSPS) is 10.2. The Kier molecular flexibility index (Phi) is 2.91. The maximum absolute atomic E-state index is 13.4. The van der Waals surface area contributed by atoms with E-state index in [9.17, 15) is 14.3 Å². The molecular weight excluding hydrogens is 219 g/mol. The zero-order valence-corrected chi connectivity index (χ0v) is 9.24. The number of rotatable bonds is 2. The van der Waals surface area contributed by atoms with Crippen molar-refractivity contribution in [2.75, 3.05) is 0 Å². The molecule has 0 N–H and O–H groups in total. The fraction of sp³-hybridized carbons (Fsp3) is 0.0714. The third-order valence-electron chi connectivity index (χ3n) is 2.63. The predicted molar refractivity (Wildman–Crippen MR) is 60.9 cm³/mol. The molecule has 0 unspecified atom stereocenters. The van der Waals surface area contributed by atoms with Gasteiger partial charge in [0.2, 0.25) is 0 Å². The Hall–Kier alpha value is -2.16. The van der Waals surface area contributed by atoms with Gasteiger partial charge in [0.1, 0.15) is 5.82 Å². The summed E-state index contributed by atoms with van der Waals surface area (Å²) in [5.74, 6) is -1.61. The van der Waals surface area contributed by atoms with Crippen LogP contribution in [0.25, 0.3) is 11.1 Å². The fourth-order valence-corrected chi connectivity index (χ4v) is 1.67. The van der Waals surface area contributed by atoms with E-state index in [1.165, 1.54) is 12.1 Å². The lowest BCUT2D eigenvalue weighted by molar-refractivity contribution is -0.254. The smallest absolute Gasteiger partial charge is 0.126 e. The summed E-state index contributed by atoms with van der Waals surface area (Å²) in [5, 5.41) is 10.9. The first-order valence-electron chi connectivity index (χ1n) is 5.16. The lowest BCUT2D eigenvalue weighted by Crippen LogP contribution is -2.22. The number of hydrogen-bond donors (Lipinski definition) is 0. The monoisotopic (exact) mass is 229 g/mol. The van der Waals surface area contributed by atoms with E-state index in [-0.39, 0.29) is 11.4 Å². The Labute approximate surface area is 98.3 Å². The molecule has 0 aliphatic carbocycles. The van der Waals surface area contributed by atoms with Crippen LogP contribution in [-0.4, -0.2) is 5.97 Å². The zero-order chi connectivity index (χ0) is 12.4. The Morgan fingerprint density at radius 1 is 1.18 bits per heavy atom.